The Morgan fingerprint density at radius 2 is 1.38 bits per heavy atom. The van der Waals surface area contributed by atoms with E-state index in [9.17, 15) is 74.4 Å². The van der Waals surface area contributed by atoms with Gasteiger partial charge >= 0.3 is 0 Å². The largest absolute Gasteiger partial charge is 0.508 e. The highest BCUT2D eigenvalue weighted by molar-refractivity contribution is 5.98. The van der Waals surface area contributed by atoms with Gasteiger partial charge in [0.2, 0.25) is 41.4 Å². The molecule has 0 radical (unpaired) electrons. The molecular weight excluding hydrogens is 1000 g/mol. The van der Waals surface area contributed by atoms with Gasteiger partial charge in [0.25, 0.3) is 0 Å². The Morgan fingerprint density at radius 3 is 2.01 bits per heavy atom. The molecule has 0 saturated carbocycles. The predicted octanol–water partition coefficient (Wildman–Crippen LogP) is -3.31. The maximum absolute atomic E-state index is 14.7. The first kappa shape index (κ1) is 58.1. The molecule has 3 aliphatic heterocycles. The molecule has 1 aromatic rings. The minimum absolute atomic E-state index is 0.106. The van der Waals surface area contributed by atoms with Crippen molar-refractivity contribution in [2.45, 2.75) is 203 Å². The van der Waals surface area contributed by atoms with Crippen LogP contribution in [0, 0.1) is 11.8 Å². The second-order valence-corrected chi connectivity index (χ2v) is 20.9. The first-order valence-electron chi connectivity index (χ1n) is 28.9. The number of phenolic OH excluding ortho intramolecular Hbond substituents is 1. The SMILES string of the molecule is [2H]C([2H])(N)C([2H])([2H])N[C@H]1NC(=O)[C@@H]2[C@@H](O)CCN2C(=O)[C@H]([C@H](O)CCN)NC(=O)[C@H]([C@H](O)[C@@H](O)c2ccc(O)cc2)NC(=O)[C@@H]2C[C@@H](O)CN2C(=O)[C@H]([C@@H](C)O)NC(=O)[C@@H](NC(=O)CCCCCCCCC(C)CC(C)CC)C[C@H]1O. The highest BCUT2D eigenvalue weighted by atomic mass is 16.3. The van der Waals surface area contributed by atoms with Gasteiger partial charge in [-0.05, 0) is 68.7 Å². The second kappa shape index (κ2) is 31.5. The number of aromatic hydroxyl groups is 1. The minimum Gasteiger partial charge on any atom is -0.508 e. The number of nitrogens with one attached hydrogen (secondary N) is 6. The smallest absolute Gasteiger partial charge is 0.248 e. The summed E-state index contributed by atoms with van der Waals surface area (Å²) in [5, 5.41) is 103. The van der Waals surface area contributed by atoms with Crippen LogP contribution in [0.4, 0.5) is 0 Å². The third-order valence-electron chi connectivity index (χ3n) is 14.7. The highest BCUT2D eigenvalue weighted by Gasteiger charge is 2.49. The Labute approximate surface area is 456 Å². The summed E-state index contributed by atoms with van der Waals surface area (Å²) in [4.78, 5) is 102. The average Bonchev–Trinajstić information content (AvgIpc) is 3.99. The summed E-state index contributed by atoms with van der Waals surface area (Å²) in [5.74, 6) is -7.55. The molecule has 0 aromatic heterocycles. The Hall–Kier alpha value is -5.09. The predicted molar refractivity (Wildman–Crippen MR) is 280 cm³/mol. The zero-order valence-electron chi connectivity index (χ0n) is 48.6. The zero-order chi connectivity index (χ0) is 60.7. The summed E-state index contributed by atoms with van der Waals surface area (Å²) in [6.45, 7) is -0.237. The van der Waals surface area contributed by atoms with E-state index in [0.29, 0.717) is 29.6 Å². The van der Waals surface area contributed by atoms with Crippen molar-refractivity contribution in [2.24, 2.45) is 23.3 Å². The summed E-state index contributed by atoms with van der Waals surface area (Å²) in [6.07, 6.45) is -10.0. The molecule has 1 aromatic carbocycles. The van der Waals surface area contributed by atoms with Gasteiger partial charge in [-0.25, -0.2) is 0 Å². The molecular formula is C52H88N10O15. The van der Waals surface area contributed by atoms with Gasteiger partial charge in [-0.2, -0.15) is 0 Å². The molecule has 3 heterocycles. The minimum atomic E-state index is -3.33. The number of nitrogens with two attached hydrogens (primary N) is 2. The first-order chi connectivity index (χ1) is 37.9. The van der Waals surface area contributed by atoms with Crippen molar-refractivity contribution in [1.82, 2.24) is 41.7 Å². The number of hydrogen-bond acceptors (Lipinski definition) is 18. The average molecular weight is 1100 g/mol. The number of nitrogens with zero attached hydrogens (tertiary/aromatic N) is 2. The van der Waals surface area contributed by atoms with Crippen LogP contribution < -0.4 is 43.4 Å². The summed E-state index contributed by atoms with van der Waals surface area (Å²) in [7, 11) is 0. The maximum atomic E-state index is 14.7. The molecule has 77 heavy (non-hydrogen) atoms. The van der Waals surface area contributed by atoms with Gasteiger partial charge in [0, 0.05) is 50.8 Å². The third kappa shape index (κ3) is 18.8. The van der Waals surface area contributed by atoms with Crippen LogP contribution in [0.5, 0.6) is 5.75 Å². The third-order valence-corrected chi connectivity index (χ3v) is 14.7. The lowest BCUT2D eigenvalue weighted by molar-refractivity contribution is -0.148. The van der Waals surface area contributed by atoms with Crippen LogP contribution in [-0.4, -0.2) is 204 Å². The molecule has 4 rings (SSSR count). The van der Waals surface area contributed by atoms with Crippen LogP contribution in [0.3, 0.4) is 0 Å². The van der Waals surface area contributed by atoms with Crippen molar-refractivity contribution in [2.75, 3.05) is 32.6 Å². The summed E-state index contributed by atoms with van der Waals surface area (Å²) >= 11 is 0. The number of amides is 7. The number of aliphatic hydroxyl groups is 7. The van der Waals surface area contributed by atoms with E-state index < -0.39 is 172 Å². The van der Waals surface area contributed by atoms with Crippen molar-refractivity contribution >= 4 is 41.4 Å². The number of hydrogen-bond donors (Lipinski definition) is 16. The highest BCUT2D eigenvalue weighted by Crippen LogP contribution is 2.27. The van der Waals surface area contributed by atoms with Crippen molar-refractivity contribution < 1.29 is 79.9 Å². The number of unbranched alkanes of at least 4 members (excludes halogenated alkanes) is 5. The van der Waals surface area contributed by atoms with E-state index >= 15 is 0 Å². The number of fused-ring (bicyclic) bond motifs is 2. The van der Waals surface area contributed by atoms with Crippen molar-refractivity contribution in [1.29, 1.82) is 0 Å². The molecule has 3 fully saturated rings. The van der Waals surface area contributed by atoms with E-state index in [-0.39, 0.29) is 30.7 Å². The van der Waals surface area contributed by atoms with E-state index in [1.165, 1.54) is 12.1 Å². The first-order valence-corrected chi connectivity index (χ1v) is 26.9. The van der Waals surface area contributed by atoms with Gasteiger partial charge < -0.3 is 88.7 Å². The molecule has 18 N–H and O–H groups in total. The van der Waals surface area contributed by atoms with Crippen LogP contribution in [0.1, 0.15) is 135 Å². The maximum Gasteiger partial charge on any atom is 0.248 e. The Bertz CT molecular complexity index is 2260. The second-order valence-electron chi connectivity index (χ2n) is 20.9. The molecule has 3 saturated heterocycles. The summed E-state index contributed by atoms with van der Waals surface area (Å²) in [6, 6.07) is -7.46. The van der Waals surface area contributed by atoms with Gasteiger partial charge in [0.15, 0.2) is 0 Å². The number of carbonyl (C=O) groups excluding carboxylic acids is 7. The molecule has 3 aliphatic rings. The molecule has 0 spiro atoms. The quantitative estimate of drug-likeness (QED) is 0.0477. The van der Waals surface area contributed by atoms with Crippen LogP contribution >= 0.6 is 0 Å². The van der Waals surface area contributed by atoms with E-state index in [1.807, 2.05) is 0 Å². The van der Waals surface area contributed by atoms with E-state index in [0.717, 1.165) is 68.9 Å². The van der Waals surface area contributed by atoms with E-state index in [1.54, 1.807) is 0 Å². The van der Waals surface area contributed by atoms with Gasteiger partial charge in [-0.15, -0.1) is 0 Å². The summed E-state index contributed by atoms with van der Waals surface area (Å²) in [5.41, 5.74) is 11.2. The molecule has 25 nitrogen and oxygen atoms in total. The molecule has 436 valence electrons. The van der Waals surface area contributed by atoms with Gasteiger partial charge in [0.1, 0.15) is 60.4 Å². The fourth-order valence-corrected chi connectivity index (χ4v) is 10.1. The van der Waals surface area contributed by atoms with E-state index in [4.69, 9.17) is 17.0 Å². The summed E-state index contributed by atoms with van der Waals surface area (Å²) < 4.78 is 32.9. The van der Waals surface area contributed by atoms with Crippen LogP contribution in [0.25, 0.3) is 0 Å². The van der Waals surface area contributed by atoms with Crippen molar-refractivity contribution in [3.05, 3.63) is 29.8 Å². The topological polar surface area (TPSA) is 412 Å². The molecule has 2 unspecified atom stereocenters. The number of carbonyl (C=O) groups is 7. The fourth-order valence-electron chi connectivity index (χ4n) is 10.1. The normalized spacial score (nSPS) is 29.8. The van der Waals surface area contributed by atoms with Crippen LogP contribution in [0.15, 0.2) is 24.3 Å². The lowest BCUT2D eigenvalue weighted by atomic mass is 9.91. The van der Waals surface area contributed by atoms with Crippen LogP contribution in [0.2, 0.25) is 0 Å². The van der Waals surface area contributed by atoms with Crippen LogP contribution in [-0.2, 0) is 33.6 Å². The standard InChI is InChI=1S/C52H88N10O15/c1-5-28(2)24-29(3)12-10-8-6-7-9-11-13-39(69)56-34-26-38(68)46(55-22-21-54)60-50(75)43-37(67)19-23-61(43)52(77)41(36(66)18-20-53)58-49(74)42(45(71)44(70)31-14-16-32(64)17-15-31)59-48(73)35-25-33(65)27-62(35)51(76)40(30(4)63)57-47(34)72/h14-17,28-30,33-38,40-46,55,63-68,70-71H,5-13,18-27,53-54H2,1-4H3,(H,56,69)(H,57,72)(H,58,74)(H,59,73)(H,60,75)/t28?,29?,30-,33-,34+,35+,36-,37+,38-,40+,41+,42+,43+,44+,45+,46+/m1/s1/i21D2,22D2. The molecule has 0 aliphatic carbocycles. The van der Waals surface area contributed by atoms with Crippen molar-refractivity contribution in [3.8, 4) is 5.75 Å². The lowest BCUT2D eigenvalue weighted by Crippen LogP contribution is -2.65. The number of benzene rings is 1. The van der Waals surface area contributed by atoms with Crippen molar-refractivity contribution in [3.63, 3.8) is 0 Å². The molecule has 7 amide bonds. The number of rotatable bonds is 23. The molecule has 25 heteroatoms. The fraction of sp³-hybridized carbons (Fsp3) is 0.750. The lowest BCUT2D eigenvalue weighted by Gasteiger charge is -2.35. The molecule has 16 atom stereocenters. The van der Waals surface area contributed by atoms with E-state index in [2.05, 4.69) is 52.7 Å². The van der Waals surface area contributed by atoms with Gasteiger partial charge in [-0.3, -0.25) is 38.9 Å². The number of phenols is 1. The monoisotopic (exact) mass is 1100 g/mol. The Balaban J connectivity index is 1.80. The zero-order valence-corrected chi connectivity index (χ0v) is 44.6. The van der Waals surface area contributed by atoms with Gasteiger partial charge in [-0.1, -0.05) is 77.8 Å². The Morgan fingerprint density at radius 1 is 0.753 bits per heavy atom. The number of aliphatic hydroxyl groups excluding tert-OH is 7. The van der Waals surface area contributed by atoms with Gasteiger partial charge in [0.05, 0.1) is 30.5 Å². The Kier molecular flexibility index (Phi) is 23.7. The molecule has 0 bridgehead atoms.